The fourth-order valence-corrected chi connectivity index (χ4v) is 1.83. The monoisotopic (exact) mass is 186 g/mol. The van der Waals surface area contributed by atoms with Crippen molar-refractivity contribution in [1.82, 2.24) is 0 Å². The molecule has 1 aliphatic rings. The molecular formula is C10H18O3. The van der Waals surface area contributed by atoms with Gasteiger partial charge in [0.15, 0.2) is 0 Å². The minimum atomic E-state index is -1.17. The van der Waals surface area contributed by atoms with Crippen molar-refractivity contribution >= 4 is 5.97 Å². The van der Waals surface area contributed by atoms with Crippen molar-refractivity contribution in [3.05, 3.63) is 0 Å². The summed E-state index contributed by atoms with van der Waals surface area (Å²) in [4.78, 5) is 10.7. The number of esters is 1. The van der Waals surface area contributed by atoms with Crippen LogP contribution in [0.1, 0.15) is 51.9 Å². The van der Waals surface area contributed by atoms with E-state index in [4.69, 9.17) is 4.74 Å². The molecule has 76 valence electrons. The first-order chi connectivity index (χ1) is 6.12. The Bertz CT molecular complexity index is 169. The molecule has 0 aliphatic heterocycles. The predicted molar refractivity (Wildman–Crippen MR) is 49.0 cm³/mol. The lowest BCUT2D eigenvalue weighted by atomic mass is 9.96. The fraction of sp³-hybridized carbons (Fsp3) is 0.900. The highest BCUT2D eigenvalue weighted by molar-refractivity contribution is 5.66. The van der Waals surface area contributed by atoms with Gasteiger partial charge in [-0.25, -0.2) is 0 Å². The molecule has 0 unspecified atom stereocenters. The first-order valence-electron chi connectivity index (χ1n) is 5.04. The van der Waals surface area contributed by atoms with Gasteiger partial charge < -0.3 is 9.84 Å². The van der Waals surface area contributed by atoms with Crippen LogP contribution in [-0.2, 0) is 9.53 Å². The Morgan fingerprint density at radius 2 is 1.62 bits per heavy atom. The van der Waals surface area contributed by atoms with Gasteiger partial charge in [0, 0.05) is 19.8 Å². The van der Waals surface area contributed by atoms with Crippen molar-refractivity contribution in [1.29, 1.82) is 0 Å². The van der Waals surface area contributed by atoms with Crippen LogP contribution < -0.4 is 0 Å². The second kappa shape index (κ2) is 4.61. The number of ether oxygens (including phenoxy) is 1. The molecule has 0 aromatic carbocycles. The van der Waals surface area contributed by atoms with Crippen molar-refractivity contribution in [2.45, 2.75) is 57.7 Å². The Kier molecular flexibility index (Phi) is 3.72. The standard InChI is InChI=1S/C10H18O3/c1-9(11)13-10(12)7-5-3-2-4-6-8-10/h12H,2-8H2,1H3. The third kappa shape index (κ3) is 3.77. The highest BCUT2D eigenvalue weighted by Gasteiger charge is 2.30. The van der Waals surface area contributed by atoms with Gasteiger partial charge in [-0.1, -0.05) is 19.3 Å². The number of carbonyl (C=O) groups excluding carboxylic acids is 1. The van der Waals surface area contributed by atoms with Gasteiger partial charge in [-0.3, -0.25) is 4.79 Å². The summed E-state index contributed by atoms with van der Waals surface area (Å²) in [5.74, 6) is -1.56. The molecule has 1 aliphatic carbocycles. The Hall–Kier alpha value is -0.570. The molecule has 0 aromatic heterocycles. The topological polar surface area (TPSA) is 46.5 Å². The molecule has 0 radical (unpaired) electrons. The molecule has 3 nitrogen and oxygen atoms in total. The molecule has 0 amide bonds. The maximum Gasteiger partial charge on any atom is 0.305 e. The zero-order valence-electron chi connectivity index (χ0n) is 8.21. The van der Waals surface area contributed by atoms with E-state index in [1.807, 2.05) is 0 Å². The van der Waals surface area contributed by atoms with Gasteiger partial charge >= 0.3 is 5.97 Å². The number of rotatable bonds is 1. The van der Waals surface area contributed by atoms with Crippen LogP contribution in [0, 0.1) is 0 Å². The van der Waals surface area contributed by atoms with Crippen LogP contribution in [0.25, 0.3) is 0 Å². The van der Waals surface area contributed by atoms with Crippen molar-refractivity contribution in [2.24, 2.45) is 0 Å². The molecule has 0 bridgehead atoms. The first-order valence-corrected chi connectivity index (χ1v) is 5.04. The van der Waals surface area contributed by atoms with Crippen molar-refractivity contribution in [3.8, 4) is 0 Å². The van der Waals surface area contributed by atoms with Gasteiger partial charge in [-0.2, -0.15) is 0 Å². The summed E-state index contributed by atoms with van der Waals surface area (Å²) in [6, 6.07) is 0. The summed E-state index contributed by atoms with van der Waals surface area (Å²) >= 11 is 0. The Balaban J connectivity index is 2.46. The van der Waals surface area contributed by atoms with E-state index in [1.165, 1.54) is 13.3 Å². The Morgan fingerprint density at radius 1 is 1.15 bits per heavy atom. The molecule has 0 heterocycles. The minimum absolute atomic E-state index is 0.386. The van der Waals surface area contributed by atoms with E-state index in [9.17, 15) is 9.90 Å². The second-order valence-corrected chi connectivity index (χ2v) is 3.81. The van der Waals surface area contributed by atoms with Gasteiger partial charge in [0.25, 0.3) is 0 Å². The van der Waals surface area contributed by atoms with Crippen LogP contribution in [0.5, 0.6) is 0 Å². The highest BCUT2D eigenvalue weighted by Crippen LogP contribution is 2.27. The molecule has 1 saturated carbocycles. The molecule has 1 rings (SSSR count). The zero-order chi connectivity index (χ0) is 9.73. The molecule has 3 heteroatoms. The third-order valence-corrected chi connectivity index (χ3v) is 2.47. The summed E-state index contributed by atoms with van der Waals surface area (Å²) in [5.41, 5.74) is 0. The van der Waals surface area contributed by atoms with E-state index in [0.717, 1.165) is 25.7 Å². The SMILES string of the molecule is CC(=O)OC1(O)CCCCCCC1. The number of carbonyl (C=O) groups is 1. The lowest BCUT2D eigenvalue weighted by Gasteiger charge is -2.28. The molecule has 1 fully saturated rings. The average Bonchev–Trinajstić information content (AvgIpc) is 1.97. The summed E-state index contributed by atoms with van der Waals surface area (Å²) < 4.78 is 4.93. The van der Waals surface area contributed by atoms with E-state index in [0.29, 0.717) is 12.8 Å². The fourth-order valence-electron chi connectivity index (χ4n) is 1.83. The van der Waals surface area contributed by atoms with Crippen LogP contribution in [0.15, 0.2) is 0 Å². The maximum atomic E-state index is 10.7. The van der Waals surface area contributed by atoms with Crippen LogP contribution in [0.2, 0.25) is 0 Å². The van der Waals surface area contributed by atoms with Crippen LogP contribution in [0.3, 0.4) is 0 Å². The van der Waals surface area contributed by atoms with E-state index >= 15 is 0 Å². The summed E-state index contributed by atoms with van der Waals surface area (Å²) in [5, 5.41) is 9.90. The van der Waals surface area contributed by atoms with Gasteiger partial charge in [0.05, 0.1) is 0 Å². The number of hydrogen-bond acceptors (Lipinski definition) is 3. The van der Waals surface area contributed by atoms with Crippen LogP contribution in [-0.4, -0.2) is 16.9 Å². The smallest absolute Gasteiger partial charge is 0.305 e. The predicted octanol–water partition coefficient (Wildman–Crippen LogP) is 1.98. The van der Waals surface area contributed by atoms with Crippen molar-refractivity contribution in [2.75, 3.05) is 0 Å². The molecule has 0 atom stereocenters. The molecular weight excluding hydrogens is 168 g/mol. The van der Waals surface area contributed by atoms with E-state index in [2.05, 4.69) is 0 Å². The quantitative estimate of drug-likeness (QED) is 0.503. The first kappa shape index (κ1) is 10.5. The van der Waals surface area contributed by atoms with Gasteiger partial charge in [0.1, 0.15) is 0 Å². The normalized spacial score (nSPS) is 22.9. The molecule has 0 aromatic rings. The Morgan fingerprint density at radius 3 is 2.08 bits per heavy atom. The number of hydrogen-bond donors (Lipinski definition) is 1. The van der Waals surface area contributed by atoms with Gasteiger partial charge in [-0.05, 0) is 12.8 Å². The van der Waals surface area contributed by atoms with Gasteiger partial charge in [0.2, 0.25) is 5.79 Å². The largest absolute Gasteiger partial charge is 0.433 e. The molecule has 13 heavy (non-hydrogen) atoms. The Labute approximate surface area is 79.1 Å². The summed E-state index contributed by atoms with van der Waals surface area (Å²) in [6.45, 7) is 1.34. The summed E-state index contributed by atoms with van der Waals surface area (Å²) in [6.07, 6.45) is 6.57. The van der Waals surface area contributed by atoms with Crippen LogP contribution >= 0.6 is 0 Å². The number of aliphatic hydroxyl groups is 1. The van der Waals surface area contributed by atoms with Crippen molar-refractivity contribution < 1.29 is 14.6 Å². The van der Waals surface area contributed by atoms with Crippen molar-refractivity contribution in [3.63, 3.8) is 0 Å². The molecule has 1 N–H and O–H groups in total. The highest BCUT2D eigenvalue weighted by atomic mass is 16.7. The summed E-state index contributed by atoms with van der Waals surface area (Å²) in [7, 11) is 0. The average molecular weight is 186 g/mol. The minimum Gasteiger partial charge on any atom is -0.433 e. The van der Waals surface area contributed by atoms with Gasteiger partial charge in [-0.15, -0.1) is 0 Å². The molecule has 0 spiro atoms. The molecule has 0 saturated heterocycles. The zero-order valence-corrected chi connectivity index (χ0v) is 8.21. The van der Waals surface area contributed by atoms with E-state index < -0.39 is 5.79 Å². The lowest BCUT2D eigenvalue weighted by molar-refractivity contribution is -0.214. The lowest BCUT2D eigenvalue weighted by Crippen LogP contribution is -2.34. The maximum absolute atomic E-state index is 10.7. The van der Waals surface area contributed by atoms with E-state index in [1.54, 1.807) is 0 Å². The van der Waals surface area contributed by atoms with Crippen LogP contribution in [0.4, 0.5) is 0 Å². The van der Waals surface area contributed by atoms with E-state index in [-0.39, 0.29) is 5.97 Å². The third-order valence-electron chi connectivity index (χ3n) is 2.47. The second-order valence-electron chi connectivity index (χ2n) is 3.81.